The highest BCUT2D eigenvalue weighted by molar-refractivity contribution is 7.99. The average Bonchev–Trinajstić information content (AvgIpc) is 2.29. The van der Waals surface area contributed by atoms with Gasteiger partial charge in [-0.3, -0.25) is 0 Å². The average molecular weight is 272 g/mol. The molecule has 0 amide bonds. The molecular weight excluding hydrogens is 250 g/mol. The molecule has 1 nitrogen and oxygen atoms in total. The minimum atomic E-state index is 0.310. The molecule has 96 valence electrons. The van der Waals surface area contributed by atoms with E-state index in [2.05, 4.69) is 32.2 Å². The Morgan fingerprint density at radius 1 is 1.29 bits per heavy atom. The van der Waals surface area contributed by atoms with Gasteiger partial charge < -0.3 is 5.32 Å². The van der Waals surface area contributed by atoms with Gasteiger partial charge in [-0.1, -0.05) is 36.7 Å². The zero-order chi connectivity index (χ0) is 12.7. The lowest BCUT2D eigenvalue weighted by Crippen LogP contribution is -2.29. The molecule has 0 aliphatic rings. The second-order valence-corrected chi connectivity index (χ2v) is 6.10. The minimum absolute atomic E-state index is 0.310. The van der Waals surface area contributed by atoms with Gasteiger partial charge in [-0.2, -0.15) is 11.8 Å². The van der Waals surface area contributed by atoms with Crippen LogP contribution in [0, 0.1) is 0 Å². The molecule has 1 aromatic rings. The summed E-state index contributed by atoms with van der Waals surface area (Å²) in [6, 6.07) is 8.89. The van der Waals surface area contributed by atoms with Crippen LogP contribution in [-0.2, 0) is 0 Å². The Hall–Kier alpha value is -0.180. The van der Waals surface area contributed by atoms with Gasteiger partial charge >= 0.3 is 0 Å². The molecular formula is C14H22ClNS. The van der Waals surface area contributed by atoms with E-state index in [0.29, 0.717) is 12.1 Å². The van der Waals surface area contributed by atoms with E-state index in [0.717, 1.165) is 5.02 Å². The molecule has 0 fully saturated rings. The molecule has 1 rings (SSSR count). The summed E-state index contributed by atoms with van der Waals surface area (Å²) in [6.07, 6.45) is 1.20. The molecule has 0 saturated carbocycles. The van der Waals surface area contributed by atoms with Gasteiger partial charge in [-0.15, -0.1) is 0 Å². The van der Waals surface area contributed by atoms with Crippen molar-refractivity contribution in [2.24, 2.45) is 0 Å². The van der Waals surface area contributed by atoms with Crippen molar-refractivity contribution in [3.8, 4) is 0 Å². The van der Waals surface area contributed by atoms with E-state index in [1.54, 1.807) is 0 Å². The second kappa shape index (κ2) is 8.02. The van der Waals surface area contributed by atoms with E-state index in [9.17, 15) is 0 Å². The van der Waals surface area contributed by atoms with Crippen LogP contribution in [0.3, 0.4) is 0 Å². The van der Waals surface area contributed by atoms with Gasteiger partial charge in [-0.05, 0) is 43.4 Å². The molecule has 2 atom stereocenters. The molecule has 0 saturated heterocycles. The monoisotopic (exact) mass is 271 g/mol. The number of rotatable bonds is 7. The van der Waals surface area contributed by atoms with Crippen LogP contribution in [0.5, 0.6) is 0 Å². The van der Waals surface area contributed by atoms with Crippen molar-refractivity contribution in [1.82, 2.24) is 5.32 Å². The third-order valence-electron chi connectivity index (χ3n) is 2.81. The highest BCUT2D eigenvalue weighted by Crippen LogP contribution is 2.22. The van der Waals surface area contributed by atoms with Crippen molar-refractivity contribution in [2.75, 3.05) is 11.5 Å². The van der Waals surface area contributed by atoms with Crippen LogP contribution >= 0.6 is 23.4 Å². The molecule has 0 aromatic heterocycles. The Bertz CT molecular complexity index is 330. The summed E-state index contributed by atoms with van der Waals surface area (Å²) in [5.41, 5.74) is 1.18. The Balaban J connectivity index is 2.43. The third-order valence-corrected chi connectivity index (χ3v) is 4.08. The van der Waals surface area contributed by atoms with E-state index in [4.69, 9.17) is 11.6 Å². The highest BCUT2D eigenvalue weighted by atomic mass is 35.5. The van der Waals surface area contributed by atoms with Crippen molar-refractivity contribution in [1.29, 1.82) is 0 Å². The highest BCUT2D eigenvalue weighted by Gasteiger charge is 2.11. The molecule has 1 N–H and O–H groups in total. The zero-order valence-corrected chi connectivity index (χ0v) is 12.4. The number of halogens is 1. The molecule has 1 aromatic carbocycles. The summed E-state index contributed by atoms with van der Waals surface area (Å²) >= 11 is 8.18. The maximum Gasteiger partial charge on any atom is 0.0453 e. The van der Waals surface area contributed by atoms with Gasteiger partial charge in [0.05, 0.1) is 0 Å². The third kappa shape index (κ3) is 5.33. The summed E-state index contributed by atoms with van der Waals surface area (Å²) in [5.74, 6) is 2.42. The molecule has 2 unspecified atom stereocenters. The van der Waals surface area contributed by atoms with E-state index in [1.165, 1.54) is 23.5 Å². The van der Waals surface area contributed by atoms with Gasteiger partial charge in [0.1, 0.15) is 0 Å². The number of nitrogens with one attached hydrogen (secondary N) is 1. The SMILES string of the molecule is CCSCCC(C)NC(C)c1ccccc1Cl. The van der Waals surface area contributed by atoms with Crippen LogP contribution in [0.4, 0.5) is 0 Å². The molecule has 17 heavy (non-hydrogen) atoms. The zero-order valence-electron chi connectivity index (χ0n) is 10.9. The van der Waals surface area contributed by atoms with Crippen LogP contribution in [0.1, 0.15) is 38.8 Å². The first-order valence-corrected chi connectivity index (χ1v) is 7.76. The minimum Gasteiger partial charge on any atom is -0.308 e. The topological polar surface area (TPSA) is 12.0 Å². The first-order chi connectivity index (χ1) is 8.15. The van der Waals surface area contributed by atoms with Crippen LogP contribution in [0.15, 0.2) is 24.3 Å². The van der Waals surface area contributed by atoms with Crippen LogP contribution in [0.2, 0.25) is 5.02 Å². The first-order valence-electron chi connectivity index (χ1n) is 6.23. The largest absolute Gasteiger partial charge is 0.308 e. The van der Waals surface area contributed by atoms with E-state index < -0.39 is 0 Å². The predicted molar refractivity (Wildman–Crippen MR) is 80.1 cm³/mol. The fourth-order valence-electron chi connectivity index (χ4n) is 1.83. The van der Waals surface area contributed by atoms with Gasteiger partial charge in [0.2, 0.25) is 0 Å². The number of hydrogen-bond acceptors (Lipinski definition) is 2. The summed E-state index contributed by atoms with van der Waals surface area (Å²) < 4.78 is 0. The lowest BCUT2D eigenvalue weighted by atomic mass is 10.1. The maximum absolute atomic E-state index is 6.19. The summed E-state index contributed by atoms with van der Waals surface area (Å²) in [7, 11) is 0. The van der Waals surface area contributed by atoms with Crippen LogP contribution < -0.4 is 5.32 Å². The molecule has 3 heteroatoms. The normalized spacial score (nSPS) is 14.6. The standard InChI is InChI=1S/C14H22ClNS/c1-4-17-10-9-11(2)16-12(3)13-7-5-6-8-14(13)15/h5-8,11-12,16H,4,9-10H2,1-3H3. The van der Waals surface area contributed by atoms with Crippen LogP contribution in [0.25, 0.3) is 0 Å². The van der Waals surface area contributed by atoms with Crippen LogP contribution in [-0.4, -0.2) is 17.5 Å². The van der Waals surface area contributed by atoms with Gasteiger partial charge in [0, 0.05) is 17.1 Å². The van der Waals surface area contributed by atoms with Crippen molar-refractivity contribution in [3.63, 3.8) is 0 Å². The lowest BCUT2D eigenvalue weighted by Gasteiger charge is -2.21. The van der Waals surface area contributed by atoms with Gasteiger partial charge in [-0.25, -0.2) is 0 Å². The molecule has 0 radical (unpaired) electrons. The van der Waals surface area contributed by atoms with Crippen molar-refractivity contribution in [3.05, 3.63) is 34.9 Å². The van der Waals surface area contributed by atoms with Gasteiger partial charge in [0.15, 0.2) is 0 Å². The Labute approximate surface area is 114 Å². The molecule has 0 spiro atoms. The second-order valence-electron chi connectivity index (χ2n) is 4.30. The Kier molecular flexibility index (Phi) is 7.02. The molecule has 0 aliphatic heterocycles. The van der Waals surface area contributed by atoms with E-state index in [-0.39, 0.29) is 0 Å². The fraction of sp³-hybridized carbons (Fsp3) is 0.571. The smallest absolute Gasteiger partial charge is 0.0453 e. The predicted octanol–water partition coefficient (Wildman–Crippen LogP) is 4.52. The van der Waals surface area contributed by atoms with Crippen molar-refractivity contribution >= 4 is 23.4 Å². The summed E-state index contributed by atoms with van der Waals surface area (Å²) in [4.78, 5) is 0. The summed E-state index contributed by atoms with van der Waals surface area (Å²) in [6.45, 7) is 6.61. The van der Waals surface area contributed by atoms with E-state index in [1.807, 2.05) is 30.0 Å². The van der Waals surface area contributed by atoms with Crippen molar-refractivity contribution < 1.29 is 0 Å². The molecule has 0 heterocycles. The summed E-state index contributed by atoms with van der Waals surface area (Å²) in [5, 5.41) is 4.45. The number of thioether (sulfide) groups is 1. The Morgan fingerprint density at radius 2 is 2.00 bits per heavy atom. The van der Waals surface area contributed by atoms with Gasteiger partial charge in [0.25, 0.3) is 0 Å². The molecule has 0 bridgehead atoms. The maximum atomic E-state index is 6.19. The molecule has 0 aliphatic carbocycles. The van der Waals surface area contributed by atoms with E-state index >= 15 is 0 Å². The number of benzene rings is 1. The first kappa shape index (κ1) is 14.9. The fourth-order valence-corrected chi connectivity index (χ4v) is 2.94. The van der Waals surface area contributed by atoms with Crippen molar-refractivity contribution in [2.45, 2.75) is 39.3 Å². The Morgan fingerprint density at radius 3 is 2.65 bits per heavy atom. The lowest BCUT2D eigenvalue weighted by molar-refractivity contribution is 0.472. The quantitative estimate of drug-likeness (QED) is 0.732. The number of hydrogen-bond donors (Lipinski definition) is 1.